The van der Waals surface area contributed by atoms with Crippen LogP contribution in [0.1, 0.15) is 16.7 Å². The van der Waals surface area contributed by atoms with E-state index in [1.165, 1.54) is 0 Å². The zero-order valence-corrected chi connectivity index (χ0v) is 9.97. The Morgan fingerprint density at radius 3 is 2.38 bits per heavy atom. The van der Waals surface area contributed by atoms with Gasteiger partial charge in [-0.3, -0.25) is 4.79 Å². The van der Waals surface area contributed by atoms with Gasteiger partial charge in [-0.1, -0.05) is 0 Å². The number of H-pyrrole nitrogens is 1. The summed E-state index contributed by atoms with van der Waals surface area (Å²) in [7, 11) is 1.63. The van der Waals surface area contributed by atoms with Gasteiger partial charge in [0.1, 0.15) is 5.75 Å². The van der Waals surface area contributed by atoms with Crippen molar-refractivity contribution in [1.82, 2.24) is 4.98 Å². The van der Waals surface area contributed by atoms with E-state index in [1.807, 2.05) is 32.9 Å². The molecule has 16 heavy (non-hydrogen) atoms. The Balaban J connectivity index is 2.96. The second-order valence-electron chi connectivity index (χ2n) is 4.02. The number of methoxy groups -OCH3 is 1. The van der Waals surface area contributed by atoms with E-state index in [-0.39, 0.29) is 5.56 Å². The lowest BCUT2D eigenvalue weighted by molar-refractivity contribution is 0.412. The summed E-state index contributed by atoms with van der Waals surface area (Å²) in [5.41, 5.74) is 3.62. The monoisotopic (exact) mass is 217 g/mol. The van der Waals surface area contributed by atoms with E-state index in [1.54, 1.807) is 7.11 Å². The second-order valence-corrected chi connectivity index (χ2v) is 4.02. The van der Waals surface area contributed by atoms with Crippen LogP contribution < -0.4 is 10.3 Å². The molecule has 0 bridgehead atoms. The molecule has 1 N–H and O–H groups in total. The summed E-state index contributed by atoms with van der Waals surface area (Å²) in [6.07, 6.45) is 0. The number of pyridine rings is 1. The number of nitrogens with one attached hydrogen (secondary N) is 1. The van der Waals surface area contributed by atoms with Crippen LogP contribution in [0.2, 0.25) is 0 Å². The van der Waals surface area contributed by atoms with Crippen molar-refractivity contribution in [3.63, 3.8) is 0 Å². The smallest absolute Gasteiger partial charge is 0.251 e. The Morgan fingerprint density at radius 2 is 1.75 bits per heavy atom. The highest BCUT2D eigenvalue weighted by atomic mass is 16.5. The standard InChI is InChI=1S/C13H15NO2/c1-7-8(2)13(15)14-12-9(3)11(16-4)6-5-10(7)12/h5-6H,1-4H3,(H,14,15). The molecule has 0 aliphatic heterocycles. The van der Waals surface area contributed by atoms with Crippen LogP contribution in [-0.2, 0) is 0 Å². The van der Waals surface area contributed by atoms with Gasteiger partial charge in [0.15, 0.2) is 0 Å². The molecule has 0 fully saturated rings. The quantitative estimate of drug-likeness (QED) is 0.797. The van der Waals surface area contributed by atoms with Gasteiger partial charge in [0, 0.05) is 16.5 Å². The van der Waals surface area contributed by atoms with E-state index in [0.717, 1.165) is 33.3 Å². The minimum absolute atomic E-state index is 0.0265. The van der Waals surface area contributed by atoms with E-state index >= 15 is 0 Å². The van der Waals surface area contributed by atoms with Crippen LogP contribution in [-0.4, -0.2) is 12.1 Å². The summed E-state index contributed by atoms with van der Waals surface area (Å²) in [6, 6.07) is 3.92. The average molecular weight is 217 g/mol. The van der Waals surface area contributed by atoms with Crippen LogP contribution in [0.25, 0.3) is 10.9 Å². The molecule has 0 atom stereocenters. The third-order valence-corrected chi connectivity index (χ3v) is 3.18. The predicted octanol–water partition coefficient (Wildman–Crippen LogP) is 2.46. The number of hydrogen-bond donors (Lipinski definition) is 1. The fourth-order valence-corrected chi connectivity index (χ4v) is 1.97. The fraction of sp³-hybridized carbons (Fsp3) is 0.308. The number of ether oxygens (including phenoxy) is 1. The van der Waals surface area contributed by atoms with Crippen molar-refractivity contribution < 1.29 is 4.74 Å². The van der Waals surface area contributed by atoms with Gasteiger partial charge in [-0.2, -0.15) is 0 Å². The number of aromatic amines is 1. The normalized spacial score (nSPS) is 10.8. The third kappa shape index (κ3) is 1.40. The van der Waals surface area contributed by atoms with Crippen molar-refractivity contribution >= 4 is 10.9 Å². The van der Waals surface area contributed by atoms with Crippen LogP contribution in [0, 0.1) is 20.8 Å². The van der Waals surface area contributed by atoms with Crippen LogP contribution in [0.3, 0.4) is 0 Å². The van der Waals surface area contributed by atoms with Gasteiger partial charge in [0.2, 0.25) is 0 Å². The van der Waals surface area contributed by atoms with Gasteiger partial charge in [-0.25, -0.2) is 0 Å². The average Bonchev–Trinajstić information content (AvgIpc) is 2.28. The minimum atomic E-state index is -0.0265. The van der Waals surface area contributed by atoms with Crippen molar-refractivity contribution in [2.45, 2.75) is 20.8 Å². The Bertz CT molecular complexity index is 611. The van der Waals surface area contributed by atoms with Crippen LogP contribution in [0.4, 0.5) is 0 Å². The van der Waals surface area contributed by atoms with Crippen LogP contribution in [0.15, 0.2) is 16.9 Å². The Labute approximate surface area is 94.1 Å². The molecule has 0 unspecified atom stereocenters. The first kappa shape index (κ1) is 10.7. The lowest BCUT2D eigenvalue weighted by Gasteiger charge is -2.10. The molecule has 0 radical (unpaired) electrons. The zero-order chi connectivity index (χ0) is 11.9. The molecule has 3 heteroatoms. The predicted molar refractivity (Wildman–Crippen MR) is 65.3 cm³/mol. The van der Waals surface area contributed by atoms with Crippen molar-refractivity contribution in [1.29, 1.82) is 0 Å². The maximum atomic E-state index is 11.7. The van der Waals surface area contributed by atoms with Crippen LogP contribution >= 0.6 is 0 Å². The van der Waals surface area contributed by atoms with Gasteiger partial charge in [0.25, 0.3) is 5.56 Å². The SMILES string of the molecule is COc1ccc2c(C)c(C)c(=O)[nH]c2c1C. The topological polar surface area (TPSA) is 42.1 Å². The molecule has 84 valence electrons. The van der Waals surface area contributed by atoms with Gasteiger partial charge in [-0.05, 0) is 38.5 Å². The maximum Gasteiger partial charge on any atom is 0.251 e. The molecule has 1 aromatic heterocycles. The number of aromatic nitrogens is 1. The molecule has 0 saturated carbocycles. The first-order valence-electron chi connectivity index (χ1n) is 5.23. The molecule has 0 saturated heterocycles. The molecule has 2 aromatic rings. The highest BCUT2D eigenvalue weighted by molar-refractivity contribution is 5.87. The van der Waals surface area contributed by atoms with E-state index in [0.29, 0.717) is 0 Å². The lowest BCUT2D eigenvalue weighted by atomic mass is 10.0. The van der Waals surface area contributed by atoms with E-state index in [9.17, 15) is 4.79 Å². The fourth-order valence-electron chi connectivity index (χ4n) is 1.97. The second kappa shape index (κ2) is 3.67. The number of fused-ring (bicyclic) bond motifs is 1. The Morgan fingerprint density at radius 1 is 1.06 bits per heavy atom. The molecule has 1 heterocycles. The highest BCUT2D eigenvalue weighted by Gasteiger charge is 2.09. The Kier molecular flexibility index (Phi) is 2.46. The van der Waals surface area contributed by atoms with Crippen molar-refractivity contribution in [3.8, 4) is 5.75 Å². The molecule has 3 nitrogen and oxygen atoms in total. The largest absolute Gasteiger partial charge is 0.496 e. The van der Waals surface area contributed by atoms with Crippen molar-refractivity contribution in [2.75, 3.05) is 7.11 Å². The van der Waals surface area contributed by atoms with Gasteiger partial charge in [0.05, 0.1) is 12.6 Å². The molecule has 0 spiro atoms. The summed E-state index contributed by atoms with van der Waals surface area (Å²) in [5, 5.41) is 1.08. The lowest BCUT2D eigenvalue weighted by Crippen LogP contribution is -2.12. The molecule has 0 aliphatic carbocycles. The van der Waals surface area contributed by atoms with E-state index in [4.69, 9.17) is 4.74 Å². The first-order chi connectivity index (χ1) is 7.56. The highest BCUT2D eigenvalue weighted by Crippen LogP contribution is 2.27. The molecule has 1 aromatic carbocycles. The van der Waals surface area contributed by atoms with E-state index in [2.05, 4.69) is 4.98 Å². The number of rotatable bonds is 1. The van der Waals surface area contributed by atoms with Gasteiger partial charge < -0.3 is 9.72 Å². The van der Waals surface area contributed by atoms with E-state index < -0.39 is 0 Å². The summed E-state index contributed by atoms with van der Waals surface area (Å²) in [6.45, 7) is 5.76. The summed E-state index contributed by atoms with van der Waals surface area (Å²) < 4.78 is 5.24. The minimum Gasteiger partial charge on any atom is -0.496 e. The molecule has 2 rings (SSSR count). The summed E-state index contributed by atoms with van der Waals surface area (Å²) in [5.74, 6) is 0.798. The van der Waals surface area contributed by atoms with Gasteiger partial charge >= 0.3 is 0 Å². The summed E-state index contributed by atoms with van der Waals surface area (Å²) >= 11 is 0. The van der Waals surface area contributed by atoms with Gasteiger partial charge in [-0.15, -0.1) is 0 Å². The first-order valence-corrected chi connectivity index (χ1v) is 5.23. The Hall–Kier alpha value is -1.77. The molecular weight excluding hydrogens is 202 g/mol. The van der Waals surface area contributed by atoms with Crippen molar-refractivity contribution in [3.05, 3.63) is 39.2 Å². The van der Waals surface area contributed by atoms with Crippen molar-refractivity contribution in [2.24, 2.45) is 0 Å². The zero-order valence-electron chi connectivity index (χ0n) is 9.97. The summed E-state index contributed by atoms with van der Waals surface area (Å²) in [4.78, 5) is 14.6. The number of hydrogen-bond acceptors (Lipinski definition) is 2. The third-order valence-electron chi connectivity index (χ3n) is 3.18. The molecule has 0 aliphatic rings. The maximum absolute atomic E-state index is 11.7. The molecule has 0 amide bonds. The number of benzene rings is 1. The van der Waals surface area contributed by atoms with Crippen LogP contribution in [0.5, 0.6) is 5.75 Å². The molecular formula is C13H15NO2. The number of aryl methyl sites for hydroxylation is 2.